The van der Waals surface area contributed by atoms with Gasteiger partial charge in [0.05, 0.1) is 13.1 Å². The van der Waals surface area contributed by atoms with Crippen LogP contribution in [0.4, 0.5) is 0 Å². The van der Waals surface area contributed by atoms with Gasteiger partial charge >= 0.3 is 0 Å². The molecule has 0 aliphatic heterocycles. The van der Waals surface area contributed by atoms with Crippen molar-refractivity contribution in [3.63, 3.8) is 0 Å². The Morgan fingerprint density at radius 3 is 1.71 bits per heavy atom. The van der Waals surface area contributed by atoms with Gasteiger partial charge in [-0.3, -0.25) is 0 Å². The molecule has 0 spiro atoms. The molecule has 0 aliphatic carbocycles. The first-order valence-corrected chi connectivity index (χ1v) is 2.99. The summed E-state index contributed by atoms with van der Waals surface area (Å²) in [5.74, 6) is 0. The lowest BCUT2D eigenvalue weighted by Gasteiger charge is -2.21. The minimum absolute atomic E-state index is 1.22. The van der Waals surface area contributed by atoms with E-state index in [9.17, 15) is 0 Å². The minimum Gasteiger partial charge on any atom is -0.466 e. The molecule has 0 heterocycles. The van der Waals surface area contributed by atoms with Gasteiger partial charge in [-0.05, 0) is 13.8 Å². The third-order valence-electron chi connectivity index (χ3n) is 1.32. The molecule has 0 amide bonds. The standard InChI is InChI=1S/C6H15N/c1-4-7(5-2)6-3/h4,7H,5-6H2,1-3H3. The average molecular weight is 101 g/mol. The second kappa shape index (κ2) is 4.13. The average Bonchev–Trinajstić information content (AvgIpc) is 1.72. The predicted molar refractivity (Wildman–Crippen MR) is 32.0 cm³/mol. The van der Waals surface area contributed by atoms with E-state index in [1.807, 2.05) is 0 Å². The normalized spacial score (nSPS) is 10.3. The van der Waals surface area contributed by atoms with Crippen molar-refractivity contribution >= 4 is 0 Å². The Bertz CT molecular complexity index is 25.7. The van der Waals surface area contributed by atoms with Crippen LogP contribution in [-0.2, 0) is 0 Å². The van der Waals surface area contributed by atoms with E-state index in [4.69, 9.17) is 0 Å². The van der Waals surface area contributed by atoms with Gasteiger partial charge in [0.2, 0.25) is 0 Å². The molecule has 0 radical (unpaired) electrons. The van der Waals surface area contributed by atoms with Gasteiger partial charge in [0.15, 0.2) is 0 Å². The van der Waals surface area contributed by atoms with Crippen molar-refractivity contribution in [1.29, 1.82) is 0 Å². The number of hydrogen-bond acceptors (Lipinski definition) is 0. The molecule has 0 atom stereocenters. The molecule has 0 bridgehead atoms. The van der Waals surface area contributed by atoms with E-state index in [0.717, 1.165) is 0 Å². The van der Waals surface area contributed by atoms with Crippen LogP contribution in [0.2, 0.25) is 0 Å². The van der Waals surface area contributed by atoms with Crippen molar-refractivity contribution < 1.29 is 4.90 Å². The van der Waals surface area contributed by atoms with Gasteiger partial charge in [0.25, 0.3) is 0 Å². The van der Waals surface area contributed by atoms with Gasteiger partial charge in [-0.1, -0.05) is 0 Å². The molecule has 0 aromatic rings. The van der Waals surface area contributed by atoms with Crippen LogP contribution in [0.15, 0.2) is 0 Å². The molecule has 1 N–H and O–H groups in total. The summed E-state index contributed by atoms with van der Waals surface area (Å²) < 4.78 is 0. The highest BCUT2D eigenvalue weighted by molar-refractivity contribution is 4.27. The lowest BCUT2D eigenvalue weighted by molar-refractivity contribution is -0.864. The Labute approximate surface area is 46.3 Å². The maximum absolute atomic E-state index is 2.19. The lowest BCUT2D eigenvalue weighted by Crippen LogP contribution is -3.08. The van der Waals surface area contributed by atoms with E-state index in [1.165, 1.54) is 13.1 Å². The molecule has 7 heavy (non-hydrogen) atoms. The van der Waals surface area contributed by atoms with Crippen molar-refractivity contribution in [3.8, 4) is 0 Å². The number of quaternary nitrogens is 1. The summed E-state index contributed by atoms with van der Waals surface area (Å²) in [5, 5.41) is 0. The van der Waals surface area contributed by atoms with Crippen LogP contribution in [0.3, 0.4) is 0 Å². The molecule has 1 heteroatoms. The summed E-state index contributed by atoms with van der Waals surface area (Å²) in [4.78, 5) is 1.56. The highest BCUT2D eigenvalue weighted by Crippen LogP contribution is 1.52. The molecular weight excluding hydrogens is 86.1 g/mol. The first kappa shape index (κ1) is 6.96. The van der Waals surface area contributed by atoms with Gasteiger partial charge in [-0.15, -0.1) is 13.5 Å². The second-order valence-electron chi connectivity index (χ2n) is 1.65. The SMILES string of the molecule is C[CH-][NH+](CC)CC. The Morgan fingerprint density at radius 1 is 1.29 bits per heavy atom. The fraction of sp³-hybridized carbons (Fsp3) is 0.833. The minimum atomic E-state index is 1.22. The zero-order valence-corrected chi connectivity index (χ0v) is 5.49. The molecule has 1 nitrogen and oxygen atoms in total. The van der Waals surface area contributed by atoms with Crippen LogP contribution in [0.25, 0.3) is 0 Å². The van der Waals surface area contributed by atoms with E-state index in [1.54, 1.807) is 4.90 Å². The molecule has 0 aliphatic rings. The number of rotatable bonds is 3. The predicted octanol–water partition coefficient (Wildman–Crippen LogP) is 0.0928. The highest BCUT2D eigenvalue weighted by atomic mass is 15.1. The highest BCUT2D eigenvalue weighted by Gasteiger charge is 1.83. The maximum atomic E-state index is 2.19. The van der Waals surface area contributed by atoms with Crippen molar-refractivity contribution in [2.45, 2.75) is 20.8 Å². The summed E-state index contributed by atoms with van der Waals surface area (Å²) in [7, 11) is 0. The summed E-state index contributed by atoms with van der Waals surface area (Å²) >= 11 is 0. The topological polar surface area (TPSA) is 4.44 Å². The zero-order chi connectivity index (χ0) is 5.70. The summed E-state index contributed by atoms with van der Waals surface area (Å²) in [6.45, 7) is 11.1. The Morgan fingerprint density at radius 2 is 1.71 bits per heavy atom. The third kappa shape index (κ3) is 2.63. The van der Waals surface area contributed by atoms with Gasteiger partial charge in [-0.25, -0.2) is 0 Å². The fourth-order valence-corrected chi connectivity index (χ4v) is 0.658. The maximum Gasteiger partial charge on any atom is 0.0503 e. The fourth-order valence-electron chi connectivity index (χ4n) is 0.658. The molecule has 0 fully saturated rings. The largest absolute Gasteiger partial charge is 0.466 e. The second-order valence-corrected chi connectivity index (χ2v) is 1.65. The van der Waals surface area contributed by atoms with E-state index in [0.29, 0.717) is 0 Å². The van der Waals surface area contributed by atoms with Crippen molar-refractivity contribution in [1.82, 2.24) is 0 Å². The Kier molecular flexibility index (Phi) is 4.10. The Hall–Kier alpha value is -0.0400. The number of hydrogen-bond donors (Lipinski definition) is 1. The summed E-state index contributed by atoms with van der Waals surface area (Å²) in [5.41, 5.74) is 0. The van der Waals surface area contributed by atoms with Gasteiger partial charge < -0.3 is 4.90 Å². The van der Waals surface area contributed by atoms with Crippen molar-refractivity contribution in [2.75, 3.05) is 13.1 Å². The number of nitrogens with one attached hydrogen (secondary N) is 1. The van der Waals surface area contributed by atoms with Crippen LogP contribution in [0, 0.1) is 6.54 Å². The smallest absolute Gasteiger partial charge is 0.0503 e. The van der Waals surface area contributed by atoms with E-state index >= 15 is 0 Å². The first-order valence-electron chi connectivity index (χ1n) is 2.99. The molecule has 0 aromatic carbocycles. The van der Waals surface area contributed by atoms with E-state index < -0.39 is 0 Å². The van der Waals surface area contributed by atoms with Gasteiger partial charge in [0, 0.05) is 0 Å². The van der Waals surface area contributed by atoms with Crippen LogP contribution in [-0.4, -0.2) is 13.1 Å². The van der Waals surface area contributed by atoms with Crippen molar-refractivity contribution in [2.24, 2.45) is 0 Å². The first-order chi connectivity index (χ1) is 3.35. The van der Waals surface area contributed by atoms with E-state index in [-0.39, 0.29) is 0 Å². The summed E-state index contributed by atoms with van der Waals surface area (Å²) in [6, 6.07) is 0. The van der Waals surface area contributed by atoms with Crippen LogP contribution in [0.5, 0.6) is 0 Å². The van der Waals surface area contributed by atoms with E-state index in [2.05, 4.69) is 27.3 Å². The Balaban J connectivity index is 2.99. The molecule has 0 aromatic heterocycles. The van der Waals surface area contributed by atoms with Gasteiger partial charge in [-0.2, -0.15) is 0 Å². The monoisotopic (exact) mass is 101 g/mol. The molecule has 0 saturated heterocycles. The van der Waals surface area contributed by atoms with Crippen molar-refractivity contribution in [3.05, 3.63) is 6.54 Å². The molecule has 44 valence electrons. The molecule has 0 unspecified atom stereocenters. The zero-order valence-electron chi connectivity index (χ0n) is 5.49. The van der Waals surface area contributed by atoms with Crippen LogP contribution < -0.4 is 4.90 Å². The van der Waals surface area contributed by atoms with Gasteiger partial charge in [0.1, 0.15) is 0 Å². The van der Waals surface area contributed by atoms with Crippen LogP contribution >= 0.6 is 0 Å². The molecule has 0 rings (SSSR count). The lowest BCUT2D eigenvalue weighted by atomic mass is 10.5. The summed E-state index contributed by atoms with van der Waals surface area (Å²) in [6.07, 6.45) is 0. The van der Waals surface area contributed by atoms with Crippen LogP contribution in [0.1, 0.15) is 20.8 Å². The molecule has 0 saturated carbocycles. The molecular formula is C6H15N. The quantitative estimate of drug-likeness (QED) is 0.481. The third-order valence-corrected chi connectivity index (χ3v) is 1.32.